The van der Waals surface area contributed by atoms with Crippen molar-refractivity contribution in [3.8, 4) is 11.1 Å². The van der Waals surface area contributed by atoms with E-state index in [0.29, 0.717) is 30.4 Å². The highest BCUT2D eigenvalue weighted by Crippen LogP contribution is 2.38. The Labute approximate surface area is 182 Å². The molecular weight excluding hydrogens is 426 g/mol. The van der Waals surface area contributed by atoms with E-state index < -0.39 is 40.8 Å². The van der Waals surface area contributed by atoms with Gasteiger partial charge in [0.2, 0.25) is 0 Å². The Hall–Kier alpha value is -2.76. The smallest absolute Gasteiger partial charge is 0.194 e. The van der Waals surface area contributed by atoms with E-state index in [1.165, 1.54) is 24.3 Å². The van der Waals surface area contributed by atoms with E-state index in [-0.39, 0.29) is 23.1 Å². The molecule has 6 heteroatoms. The van der Waals surface area contributed by atoms with Crippen molar-refractivity contribution in [2.24, 2.45) is 0 Å². The SMILES string of the molecule is CCCCc1cc(F)c(C2CCc3cc(-c4cc(F)c(F)c(F)c4)c(F)cc3C2)c(F)c1. The molecule has 0 spiro atoms. The van der Waals surface area contributed by atoms with E-state index in [1.54, 1.807) is 0 Å². The van der Waals surface area contributed by atoms with Crippen LogP contribution in [-0.2, 0) is 19.3 Å². The van der Waals surface area contributed by atoms with Gasteiger partial charge < -0.3 is 0 Å². The van der Waals surface area contributed by atoms with E-state index in [0.717, 1.165) is 30.5 Å². The van der Waals surface area contributed by atoms with Gasteiger partial charge in [-0.3, -0.25) is 0 Å². The minimum atomic E-state index is -1.61. The lowest BCUT2D eigenvalue weighted by atomic mass is 9.78. The molecule has 0 bridgehead atoms. The van der Waals surface area contributed by atoms with Crippen molar-refractivity contribution in [2.45, 2.75) is 51.4 Å². The van der Waals surface area contributed by atoms with Crippen LogP contribution in [0, 0.1) is 34.9 Å². The number of benzene rings is 3. The van der Waals surface area contributed by atoms with Gasteiger partial charge in [-0.05, 0) is 96.7 Å². The van der Waals surface area contributed by atoms with Crippen LogP contribution in [0.25, 0.3) is 11.1 Å². The molecule has 1 aliphatic carbocycles. The summed E-state index contributed by atoms with van der Waals surface area (Å²) in [5.41, 5.74) is 1.82. The zero-order valence-electron chi connectivity index (χ0n) is 17.6. The van der Waals surface area contributed by atoms with E-state index >= 15 is 0 Å². The summed E-state index contributed by atoms with van der Waals surface area (Å²) < 4.78 is 84.8. The summed E-state index contributed by atoms with van der Waals surface area (Å²) in [6.45, 7) is 2.01. The van der Waals surface area contributed by atoms with Crippen molar-refractivity contribution >= 4 is 0 Å². The second kappa shape index (κ2) is 9.00. The quantitative estimate of drug-likeness (QED) is 0.276. The molecule has 0 amide bonds. The highest BCUT2D eigenvalue weighted by molar-refractivity contribution is 5.66. The number of fused-ring (bicyclic) bond motifs is 1. The number of aryl methyl sites for hydroxylation is 2. The minimum Gasteiger partial charge on any atom is -0.207 e. The summed E-state index contributed by atoms with van der Waals surface area (Å²) in [4.78, 5) is 0. The van der Waals surface area contributed by atoms with Gasteiger partial charge in [-0.25, -0.2) is 26.3 Å². The van der Waals surface area contributed by atoms with Gasteiger partial charge in [-0.2, -0.15) is 0 Å². The van der Waals surface area contributed by atoms with Crippen molar-refractivity contribution in [2.75, 3.05) is 0 Å². The average molecular weight is 448 g/mol. The van der Waals surface area contributed by atoms with E-state index in [4.69, 9.17) is 0 Å². The molecule has 0 aromatic heterocycles. The molecule has 1 unspecified atom stereocenters. The van der Waals surface area contributed by atoms with Gasteiger partial charge in [0, 0.05) is 11.1 Å². The monoisotopic (exact) mass is 448 g/mol. The normalized spacial score (nSPS) is 15.7. The maximum atomic E-state index is 14.8. The lowest BCUT2D eigenvalue weighted by molar-refractivity contribution is 0.447. The van der Waals surface area contributed by atoms with Gasteiger partial charge in [0.1, 0.15) is 17.5 Å². The molecule has 1 aliphatic rings. The first-order chi connectivity index (χ1) is 15.3. The van der Waals surface area contributed by atoms with Crippen molar-refractivity contribution in [3.05, 3.63) is 93.6 Å². The van der Waals surface area contributed by atoms with Gasteiger partial charge in [0.05, 0.1) is 0 Å². The Morgan fingerprint density at radius 1 is 0.750 bits per heavy atom. The molecule has 0 radical (unpaired) electrons. The molecule has 3 aromatic carbocycles. The van der Waals surface area contributed by atoms with Crippen LogP contribution < -0.4 is 0 Å². The molecule has 4 rings (SSSR count). The second-order valence-corrected chi connectivity index (χ2v) is 8.37. The standard InChI is InChI=1S/C26H22F6/c1-2-3-4-14-7-21(28)25(22(29)8-14)16-6-5-15-10-19(20(27)11-17(15)9-16)18-12-23(30)26(32)24(31)13-18/h7-8,10-13,16H,2-6,9H2,1H3. The first-order valence-corrected chi connectivity index (χ1v) is 10.7. The largest absolute Gasteiger partial charge is 0.207 e. The Morgan fingerprint density at radius 2 is 1.41 bits per heavy atom. The fourth-order valence-electron chi connectivity index (χ4n) is 4.51. The van der Waals surface area contributed by atoms with Gasteiger partial charge in [0.25, 0.3) is 0 Å². The lowest BCUT2D eigenvalue weighted by Crippen LogP contribution is -2.16. The Morgan fingerprint density at radius 3 is 2.03 bits per heavy atom. The molecule has 0 saturated heterocycles. The van der Waals surface area contributed by atoms with Crippen LogP contribution in [-0.4, -0.2) is 0 Å². The van der Waals surface area contributed by atoms with Crippen LogP contribution >= 0.6 is 0 Å². The van der Waals surface area contributed by atoms with Crippen LogP contribution in [0.15, 0.2) is 36.4 Å². The fourth-order valence-corrected chi connectivity index (χ4v) is 4.51. The predicted octanol–water partition coefficient (Wildman–Crippen LogP) is 7.80. The number of unbranched alkanes of at least 4 members (excludes halogenated alkanes) is 1. The summed E-state index contributed by atoms with van der Waals surface area (Å²) >= 11 is 0. The Balaban J connectivity index is 1.64. The predicted molar refractivity (Wildman–Crippen MR) is 111 cm³/mol. The number of halogens is 6. The second-order valence-electron chi connectivity index (χ2n) is 8.37. The molecule has 168 valence electrons. The summed E-state index contributed by atoms with van der Waals surface area (Å²) in [5.74, 6) is -6.74. The summed E-state index contributed by atoms with van der Waals surface area (Å²) in [6, 6.07) is 6.98. The van der Waals surface area contributed by atoms with Gasteiger partial charge >= 0.3 is 0 Å². The molecule has 0 nitrogen and oxygen atoms in total. The fraction of sp³-hybridized carbons (Fsp3) is 0.308. The Bertz CT molecular complexity index is 1120. The van der Waals surface area contributed by atoms with Crippen molar-refractivity contribution < 1.29 is 26.3 Å². The molecule has 0 fully saturated rings. The summed E-state index contributed by atoms with van der Waals surface area (Å²) in [5, 5.41) is 0. The molecule has 32 heavy (non-hydrogen) atoms. The third-order valence-corrected chi connectivity index (χ3v) is 6.18. The van der Waals surface area contributed by atoms with Crippen LogP contribution in [0.4, 0.5) is 26.3 Å². The van der Waals surface area contributed by atoms with E-state index in [1.807, 2.05) is 6.92 Å². The van der Waals surface area contributed by atoms with Crippen LogP contribution in [0.5, 0.6) is 0 Å². The summed E-state index contributed by atoms with van der Waals surface area (Å²) in [6.07, 6.45) is 3.51. The van der Waals surface area contributed by atoms with Crippen molar-refractivity contribution in [1.82, 2.24) is 0 Å². The highest BCUT2D eigenvalue weighted by atomic mass is 19.2. The van der Waals surface area contributed by atoms with Gasteiger partial charge in [-0.1, -0.05) is 13.3 Å². The molecule has 0 aliphatic heterocycles. The zero-order chi connectivity index (χ0) is 23.0. The first-order valence-electron chi connectivity index (χ1n) is 10.7. The van der Waals surface area contributed by atoms with Gasteiger partial charge in [-0.15, -0.1) is 0 Å². The first kappa shape index (κ1) is 22.4. The molecular formula is C26H22F6. The van der Waals surface area contributed by atoms with E-state index in [2.05, 4.69) is 0 Å². The topological polar surface area (TPSA) is 0 Å². The number of hydrogen-bond donors (Lipinski definition) is 0. The number of hydrogen-bond acceptors (Lipinski definition) is 0. The maximum Gasteiger partial charge on any atom is 0.194 e. The molecule has 0 N–H and O–H groups in total. The lowest BCUT2D eigenvalue weighted by Gasteiger charge is -2.27. The maximum absolute atomic E-state index is 14.8. The third kappa shape index (κ3) is 4.27. The molecule has 0 saturated carbocycles. The molecule has 1 atom stereocenters. The molecule has 3 aromatic rings. The van der Waals surface area contributed by atoms with Gasteiger partial charge in [0.15, 0.2) is 17.5 Å². The third-order valence-electron chi connectivity index (χ3n) is 6.18. The van der Waals surface area contributed by atoms with Crippen LogP contribution in [0.3, 0.4) is 0 Å². The van der Waals surface area contributed by atoms with Crippen LogP contribution in [0.1, 0.15) is 54.4 Å². The molecule has 0 heterocycles. The van der Waals surface area contributed by atoms with Crippen molar-refractivity contribution in [3.63, 3.8) is 0 Å². The van der Waals surface area contributed by atoms with Crippen molar-refractivity contribution in [1.29, 1.82) is 0 Å². The average Bonchev–Trinajstić information content (AvgIpc) is 2.74. The van der Waals surface area contributed by atoms with Crippen LogP contribution in [0.2, 0.25) is 0 Å². The zero-order valence-corrected chi connectivity index (χ0v) is 17.6. The number of rotatable bonds is 5. The summed E-state index contributed by atoms with van der Waals surface area (Å²) in [7, 11) is 0. The highest BCUT2D eigenvalue weighted by Gasteiger charge is 2.27. The van der Waals surface area contributed by atoms with E-state index in [9.17, 15) is 26.3 Å². The Kier molecular flexibility index (Phi) is 6.31. The minimum absolute atomic E-state index is 0.0167.